The summed E-state index contributed by atoms with van der Waals surface area (Å²) in [4.78, 5) is 0. The van der Waals surface area contributed by atoms with E-state index in [1.54, 1.807) is 0 Å². The smallest absolute Gasteiger partial charge is 0.167 e. The van der Waals surface area contributed by atoms with Crippen LogP contribution in [0, 0.1) is 11.6 Å². The van der Waals surface area contributed by atoms with Crippen molar-refractivity contribution in [3.05, 3.63) is 29.8 Å². The van der Waals surface area contributed by atoms with E-state index in [1.807, 2.05) is 6.92 Å². The van der Waals surface area contributed by atoms with Gasteiger partial charge in [0.2, 0.25) is 0 Å². The molecule has 3 heteroatoms. The van der Waals surface area contributed by atoms with Crippen molar-refractivity contribution in [3.8, 4) is 5.75 Å². The van der Waals surface area contributed by atoms with E-state index in [0.717, 1.165) is 12.5 Å². The molecule has 1 rings (SSSR count). The van der Waals surface area contributed by atoms with Crippen LogP contribution in [0.2, 0.25) is 0 Å². The van der Waals surface area contributed by atoms with Gasteiger partial charge in [-0.25, -0.2) is 8.78 Å². The second-order valence-electron chi connectivity index (χ2n) is 2.42. The molecule has 0 aliphatic rings. The zero-order valence-electron chi connectivity index (χ0n) is 6.81. The molecular weight excluding hydrogens is 162 g/mol. The lowest BCUT2D eigenvalue weighted by molar-refractivity contribution is 0.300. The van der Waals surface area contributed by atoms with Gasteiger partial charge in [-0.05, 0) is 18.6 Å². The third-order valence-electron chi connectivity index (χ3n) is 1.36. The van der Waals surface area contributed by atoms with E-state index in [4.69, 9.17) is 4.74 Å². The fourth-order valence-corrected chi connectivity index (χ4v) is 0.804. The summed E-state index contributed by atoms with van der Waals surface area (Å²) < 4.78 is 30.2. The molecule has 0 saturated carbocycles. The van der Waals surface area contributed by atoms with Crippen molar-refractivity contribution in [1.82, 2.24) is 0 Å². The number of benzene rings is 1. The highest BCUT2D eigenvalue weighted by Crippen LogP contribution is 2.17. The second kappa shape index (κ2) is 4.04. The Morgan fingerprint density at radius 2 is 2.08 bits per heavy atom. The minimum atomic E-state index is -0.650. The molecule has 0 N–H and O–H groups in total. The lowest BCUT2D eigenvalue weighted by Gasteiger charge is -2.04. The molecule has 1 aromatic rings. The molecule has 0 spiro atoms. The molecule has 1 nitrogen and oxygen atoms in total. The monoisotopic (exact) mass is 172 g/mol. The highest BCUT2D eigenvalue weighted by Gasteiger charge is 2.03. The number of hydrogen-bond donors (Lipinski definition) is 0. The van der Waals surface area contributed by atoms with Gasteiger partial charge in [-0.15, -0.1) is 0 Å². The molecule has 0 radical (unpaired) electrons. The maximum absolute atomic E-state index is 12.8. The first-order valence-corrected chi connectivity index (χ1v) is 3.82. The van der Waals surface area contributed by atoms with Crippen LogP contribution in [0.1, 0.15) is 13.3 Å². The predicted octanol–water partition coefficient (Wildman–Crippen LogP) is 2.75. The minimum absolute atomic E-state index is 0.109. The first-order chi connectivity index (χ1) is 5.74. The summed E-state index contributed by atoms with van der Waals surface area (Å²) in [5, 5.41) is 0. The normalized spacial score (nSPS) is 9.92. The van der Waals surface area contributed by atoms with E-state index in [1.165, 1.54) is 12.1 Å². The van der Waals surface area contributed by atoms with Crippen LogP contribution in [-0.2, 0) is 0 Å². The third kappa shape index (κ3) is 2.19. The van der Waals surface area contributed by atoms with Crippen molar-refractivity contribution in [2.45, 2.75) is 13.3 Å². The van der Waals surface area contributed by atoms with Crippen LogP contribution in [-0.4, -0.2) is 6.61 Å². The molecule has 0 saturated heterocycles. The lowest BCUT2D eigenvalue weighted by Crippen LogP contribution is -1.97. The Labute approximate surface area is 70.0 Å². The van der Waals surface area contributed by atoms with Crippen molar-refractivity contribution in [3.63, 3.8) is 0 Å². The SMILES string of the molecule is CCCOc1ccc(F)cc1F. The molecule has 0 amide bonds. The van der Waals surface area contributed by atoms with Crippen LogP contribution < -0.4 is 4.74 Å². The van der Waals surface area contributed by atoms with Crippen molar-refractivity contribution in [2.75, 3.05) is 6.61 Å². The first kappa shape index (κ1) is 8.97. The predicted molar refractivity (Wildman–Crippen MR) is 42.1 cm³/mol. The van der Waals surface area contributed by atoms with E-state index in [-0.39, 0.29) is 5.75 Å². The fourth-order valence-electron chi connectivity index (χ4n) is 0.804. The Bertz CT molecular complexity index is 261. The van der Waals surface area contributed by atoms with Crippen LogP contribution >= 0.6 is 0 Å². The molecule has 0 aliphatic carbocycles. The van der Waals surface area contributed by atoms with E-state index in [2.05, 4.69) is 0 Å². The Morgan fingerprint density at radius 1 is 1.33 bits per heavy atom. The van der Waals surface area contributed by atoms with Gasteiger partial charge >= 0.3 is 0 Å². The maximum Gasteiger partial charge on any atom is 0.167 e. The summed E-state index contributed by atoms with van der Waals surface area (Å²) in [6, 6.07) is 3.28. The van der Waals surface area contributed by atoms with E-state index >= 15 is 0 Å². The van der Waals surface area contributed by atoms with E-state index in [0.29, 0.717) is 6.61 Å². The van der Waals surface area contributed by atoms with Crippen molar-refractivity contribution in [1.29, 1.82) is 0 Å². The quantitative estimate of drug-likeness (QED) is 0.681. The summed E-state index contributed by atoms with van der Waals surface area (Å²) in [6.45, 7) is 2.37. The molecule has 0 aromatic heterocycles. The summed E-state index contributed by atoms with van der Waals surface area (Å²) in [5.41, 5.74) is 0. The Hall–Kier alpha value is -1.12. The van der Waals surface area contributed by atoms with Gasteiger partial charge in [-0.3, -0.25) is 0 Å². The Kier molecular flexibility index (Phi) is 3.02. The van der Waals surface area contributed by atoms with Gasteiger partial charge in [0.1, 0.15) is 5.82 Å². The molecule has 0 fully saturated rings. The summed E-state index contributed by atoms with van der Waals surface area (Å²) >= 11 is 0. The highest BCUT2D eigenvalue weighted by atomic mass is 19.1. The largest absolute Gasteiger partial charge is 0.491 e. The Morgan fingerprint density at radius 3 is 2.67 bits per heavy atom. The highest BCUT2D eigenvalue weighted by molar-refractivity contribution is 5.24. The fraction of sp³-hybridized carbons (Fsp3) is 0.333. The van der Waals surface area contributed by atoms with Crippen molar-refractivity contribution >= 4 is 0 Å². The number of hydrogen-bond acceptors (Lipinski definition) is 1. The molecule has 0 bridgehead atoms. The number of ether oxygens (including phenoxy) is 1. The molecule has 0 unspecified atom stereocenters. The molecule has 0 aliphatic heterocycles. The summed E-state index contributed by atoms with van der Waals surface area (Å²) in [7, 11) is 0. The summed E-state index contributed by atoms with van der Waals surface area (Å²) in [6.07, 6.45) is 0.802. The zero-order valence-corrected chi connectivity index (χ0v) is 6.81. The van der Waals surface area contributed by atoms with Crippen LogP contribution in [0.15, 0.2) is 18.2 Å². The zero-order chi connectivity index (χ0) is 8.97. The molecule has 66 valence electrons. The third-order valence-corrected chi connectivity index (χ3v) is 1.36. The minimum Gasteiger partial charge on any atom is -0.491 e. The van der Waals surface area contributed by atoms with Crippen molar-refractivity contribution in [2.24, 2.45) is 0 Å². The first-order valence-electron chi connectivity index (χ1n) is 3.82. The Balaban J connectivity index is 2.72. The maximum atomic E-state index is 12.8. The number of halogens is 2. The standard InChI is InChI=1S/C9H10F2O/c1-2-5-12-9-4-3-7(10)6-8(9)11/h3-4,6H,2,5H2,1H3. The van der Waals surface area contributed by atoms with Crippen molar-refractivity contribution < 1.29 is 13.5 Å². The average molecular weight is 172 g/mol. The number of rotatable bonds is 3. The molecule has 0 heterocycles. The average Bonchev–Trinajstić information content (AvgIpc) is 2.03. The molecule has 12 heavy (non-hydrogen) atoms. The van der Waals surface area contributed by atoms with Gasteiger partial charge in [-0.2, -0.15) is 0 Å². The lowest BCUT2D eigenvalue weighted by atomic mass is 10.3. The molecule has 0 atom stereocenters. The van der Waals surface area contributed by atoms with Crippen LogP contribution in [0.25, 0.3) is 0 Å². The van der Waals surface area contributed by atoms with Gasteiger partial charge < -0.3 is 4.74 Å². The van der Waals surface area contributed by atoms with E-state index in [9.17, 15) is 8.78 Å². The van der Waals surface area contributed by atoms with Gasteiger partial charge in [0.05, 0.1) is 6.61 Å². The van der Waals surface area contributed by atoms with Gasteiger partial charge in [0.25, 0.3) is 0 Å². The summed E-state index contributed by atoms with van der Waals surface area (Å²) in [5.74, 6) is -1.13. The van der Waals surface area contributed by atoms with Gasteiger partial charge in [0, 0.05) is 6.07 Å². The van der Waals surface area contributed by atoms with Crippen LogP contribution in [0.4, 0.5) is 8.78 Å². The molecule has 1 aromatic carbocycles. The van der Waals surface area contributed by atoms with Crippen LogP contribution in [0.3, 0.4) is 0 Å². The van der Waals surface area contributed by atoms with E-state index < -0.39 is 11.6 Å². The molecular formula is C9H10F2O. The topological polar surface area (TPSA) is 9.23 Å². The van der Waals surface area contributed by atoms with Crippen LogP contribution in [0.5, 0.6) is 5.75 Å². The van der Waals surface area contributed by atoms with Gasteiger partial charge in [-0.1, -0.05) is 6.92 Å². The van der Waals surface area contributed by atoms with Gasteiger partial charge in [0.15, 0.2) is 11.6 Å². The second-order valence-corrected chi connectivity index (χ2v) is 2.42.